The molecule has 3 nitrogen and oxygen atoms in total. The van der Waals surface area contributed by atoms with Gasteiger partial charge in [0.15, 0.2) is 0 Å². The first-order chi connectivity index (χ1) is 7.33. The van der Waals surface area contributed by atoms with E-state index in [1.165, 1.54) is 6.42 Å². The zero-order valence-corrected chi connectivity index (χ0v) is 10.1. The molecule has 0 amide bonds. The minimum atomic E-state index is 0.409. The Labute approximate surface area is 93.5 Å². The van der Waals surface area contributed by atoms with Crippen molar-refractivity contribution in [3.8, 4) is 0 Å². The summed E-state index contributed by atoms with van der Waals surface area (Å²) >= 11 is 0. The van der Waals surface area contributed by atoms with E-state index in [-0.39, 0.29) is 0 Å². The standard InChI is InChI=1S/C12H25NO2/c1-3-4-11(2)15-10-7-13-12-5-8-14-9-6-12/h11-13H,3-10H2,1-2H3. The highest BCUT2D eigenvalue weighted by Gasteiger charge is 2.12. The van der Waals surface area contributed by atoms with Crippen molar-refractivity contribution < 1.29 is 9.47 Å². The van der Waals surface area contributed by atoms with Gasteiger partial charge in [-0.05, 0) is 26.2 Å². The van der Waals surface area contributed by atoms with Crippen LogP contribution in [0.3, 0.4) is 0 Å². The Hall–Kier alpha value is -0.120. The lowest BCUT2D eigenvalue weighted by Gasteiger charge is -2.23. The fourth-order valence-corrected chi connectivity index (χ4v) is 1.91. The van der Waals surface area contributed by atoms with Crippen LogP contribution >= 0.6 is 0 Å². The van der Waals surface area contributed by atoms with Crippen molar-refractivity contribution in [2.24, 2.45) is 0 Å². The molecule has 0 bridgehead atoms. The predicted molar refractivity (Wildman–Crippen MR) is 62.2 cm³/mol. The van der Waals surface area contributed by atoms with Gasteiger partial charge in [-0.1, -0.05) is 13.3 Å². The van der Waals surface area contributed by atoms with Crippen LogP contribution in [0, 0.1) is 0 Å². The molecule has 0 aromatic heterocycles. The summed E-state index contributed by atoms with van der Waals surface area (Å²) in [5.74, 6) is 0. The molecule has 90 valence electrons. The van der Waals surface area contributed by atoms with E-state index in [4.69, 9.17) is 9.47 Å². The number of hydrogen-bond acceptors (Lipinski definition) is 3. The van der Waals surface area contributed by atoms with Crippen LogP contribution in [-0.2, 0) is 9.47 Å². The molecule has 1 rings (SSSR count). The summed E-state index contributed by atoms with van der Waals surface area (Å²) in [5, 5.41) is 3.51. The summed E-state index contributed by atoms with van der Waals surface area (Å²) in [6.45, 7) is 7.96. The molecule has 0 aliphatic carbocycles. The molecular formula is C12H25NO2. The molecule has 1 N–H and O–H groups in total. The average molecular weight is 215 g/mol. The van der Waals surface area contributed by atoms with E-state index in [9.17, 15) is 0 Å². The summed E-state index contributed by atoms with van der Waals surface area (Å²) in [7, 11) is 0. The highest BCUT2D eigenvalue weighted by molar-refractivity contribution is 4.69. The molecule has 15 heavy (non-hydrogen) atoms. The van der Waals surface area contributed by atoms with Crippen LogP contribution in [0.15, 0.2) is 0 Å². The maximum Gasteiger partial charge on any atom is 0.0594 e. The molecule has 1 fully saturated rings. The Kier molecular flexibility index (Phi) is 6.98. The van der Waals surface area contributed by atoms with Crippen LogP contribution in [-0.4, -0.2) is 38.5 Å². The molecule has 3 heteroatoms. The van der Waals surface area contributed by atoms with Gasteiger partial charge in [-0.15, -0.1) is 0 Å². The van der Waals surface area contributed by atoms with Gasteiger partial charge in [0.05, 0.1) is 12.7 Å². The van der Waals surface area contributed by atoms with Crippen molar-refractivity contribution in [2.45, 2.75) is 51.7 Å². The second-order valence-electron chi connectivity index (χ2n) is 4.31. The van der Waals surface area contributed by atoms with Gasteiger partial charge in [0.25, 0.3) is 0 Å². The smallest absolute Gasteiger partial charge is 0.0594 e. The SMILES string of the molecule is CCCC(C)OCCNC1CCOCC1. The topological polar surface area (TPSA) is 30.5 Å². The fourth-order valence-electron chi connectivity index (χ4n) is 1.91. The van der Waals surface area contributed by atoms with E-state index in [2.05, 4.69) is 19.2 Å². The summed E-state index contributed by atoms with van der Waals surface area (Å²) in [6.07, 6.45) is 5.06. The second-order valence-corrected chi connectivity index (χ2v) is 4.31. The Morgan fingerprint density at radius 1 is 1.40 bits per heavy atom. The molecule has 1 unspecified atom stereocenters. The lowest BCUT2D eigenvalue weighted by atomic mass is 10.1. The highest BCUT2D eigenvalue weighted by atomic mass is 16.5. The summed E-state index contributed by atoms with van der Waals surface area (Å²) in [4.78, 5) is 0. The Morgan fingerprint density at radius 3 is 2.80 bits per heavy atom. The van der Waals surface area contributed by atoms with Crippen molar-refractivity contribution in [2.75, 3.05) is 26.4 Å². The zero-order valence-electron chi connectivity index (χ0n) is 10.1. The molecule has 1 aliphatic rings. The van der Waals surface area contributed by atoms with Crippen LogP contribution in [0.4, 0.5) is 0 Å². The average Bonchev–Trinajstić information content (AvgIpc) is 2.26. The molecule has 1 saturated heterocycles. The van der Waals surface area contributed by atoms with Crippen LogP contribution < -0.4 is 5.32 Å². The van der Waals surface area contributed by atoms with Crippen molar-refractivity contribution >= 4 is 0 Å². The van der Waals surface area contributed by atoms with Crippen molar-refractivity contribution in [3.05, 3.63) is 0 Å². The molecule has 0 aromatic carbocycles. The highest BCUT2D eigenvalue weighted by Crippen LogP contribution is 2.05. The maximum absolute atomic E-state index is 5.68. The Balaban J connectivity index is 1.91. The monoisotopic (exact) mass is 215 g/mol. The predicted octanol–water partition coefficient (Wildman–Crippen LogP) is 1.96. The molecule has 1 aliphatic heterocycles. The van der Waals surface area contributed by atoms with Gasteiger partial charge in [-0.3, -0.25) is 0 Å². The van der Waals surface area contributed by atoms with Gasteiger partial charge in [-0.25, -0.2) is 0 Å². The van der Waals surface area contributed by atoms with E-state index in [0.29, 0.717) is 12.1 Å². The first-order valence-electron chi connectivity index (χ1n) is 6.25. The Bertz CT molecular complexity index is 147. The summed E-state index contributed by atoms with van der Waals surface area (Å²) in [6, 6.07) is 0.642. The third-order valence-corrected chi connectivity index (χ3v) is 2.85. The number of hydrogen-bond donors (Lipinski definition) is 1. The lowest BCUT2D eigenvalue weighted by molar-refractivity contribution is 0.0509. The molecule has 0 saturated carbocycles. The van der Waals surface area contributed by atoms with Crippen LogP contribution in [0.2, 0.25) is 0 Å². The van der Waals surface area contributed by atoms with E-state index in [1.54, 1.807) is 0 Å². The molecule has 0 radical (unpaired) electrons. The van der Waals surface area contributed by atoms with Crippen molar-refractivity contribution in [1.82, 2.24) is 5.32 Å². The van der Waals surface area contributed by atoms with Gasteiger partial charge in [0.2, 0.25) is 0 Å². The van der Waals surface area contributed by atoms with Crippen LogP contribution in [0.1, 0.15) is 39.5 Å². The Morgan fingerprint density at radius 2 is 2.13 bits per heavy atom. The molecule has 0 aromatic rings. The van der Waals surface area contributed by atoms with E-state index < -0.39 is 0 Å². The van der Waals surface area contributed by atoms with Gasteiger partial charge < -0.3 is 14.8 Å². The lowest BCUT2D eigenvalue weighted by Crippen LogP contribution is -2.37. The first-order valence-corrected chi connectivity index (χ1v) is 6.25. The molecule has 1 atom stereocenters. The summed E-state index contributed by atoms with van der Waals surface area (Å²) < 4.78 is 11.0. The van der Waals surface area contributed by atoms with Crippen molar-refractivity contribution in [3.63, 3.8) is 0 Å². The van der Waals surface area contributed by atoms with Gasteiger partial charge >= 0.3 is 0 Å². The zero-order chi connectivity index (χ0) is 10.9. The van der Waals surface area contributed by atoms with Crippen LogP contribution in [0.25, 0.3) is 0 Å². The first kappa shape index (κ1) is 12.9. The minimum absolute atomic E-state index is 0.409. The molecular weight excluding hydrogens is 190 g/mol. The van der Waals surface area contributed by atoms with Gasteiger partial charge in [-0.2, -0.15) is 0 Å². The van der Waals surface area contributed by atoms with E-state index in [1.807, 2.05) is 0 Å². The van der Waals surface area contributed by atoms with Gasteiger partial charge in [0.1, 0.15) is 0 Å². The fraction of sp³-hybridized carbons (Fsp3) is 1.00. The number of rotatable bonds is 7. The number of ether oxygens (including phenoxy) is 2. The number of nitrogens with one attached hydrogen (secondary N) is 1. The second kappa shape index (κ2) is 8.08. The van der Waals surface area contributed by atoms with E-state index in [0.717, 1.165) is 45.6 Å². The summed E-state index contributed by atoms with van der Waals surface area (Å²) in [5.41, 5.74) is 0. The van der Waals surface area contributed by atoms with E-state index >= 15 is 0 Å². The van der Waals surface area contributed by atoms with Crippen molar-refractivity contribution in [1.29, 1.82) is 0 Å². The third-order valence-electron chi connectivity index (χ3n) is 2.85. The normalized spacial score (nSPS) is 20.4. The third kappa shape index (κ3) is 6.13. The molecule has 0 spiro atoms. The molecule has 1 heterocycles. The van der Waals surface area contributed by atoms with Gasteiger partial charge in [0, 0.05) is 25.8 Å². The largest absolute Gasteiger partial charge is 0.381 e. The maximum atomic E-state index is 5.68. The quantitative estimate of drug-likeness (QED) is 0.659. The van der Waals surface area contributed by atoms with Crippen LogP contribution in [0.5, 0.6) is 0 Å². The minimum Gasteiger partial charge on any atom is -0.381 e.